The van der Waals surface area contributed by atoms with Crippen LogP contribution in [0, 0.1) is 0 Å². The van der Waals surface area contributed by atoms with Crippen LogP contribution in [0.1, 0.15) is 13.3 Å². The van der Waals surface area contributed by atoms with E-state index in [0.717, 1.165) is 13.0 Å². The molecule has 0 aliphatic rings. The van der Waals surface area contributed by atoms with E-state index in [0.29, 0.717) is 0 Å². The summed E-state index contributed by atoms with van der Waals surface area (Å²) in [6, 6.07) is 0. The molecule has 0 aliphatic carbocycles. The van der Waals surface area contributed by atoms with Crippen molar-refractivity contribution in [1.29, 1.82) is 0 Å². The van der Waals surface area contributed by atoms with E-state index < -0.39 is 0 Å². The molecule has 30 valence electrons. The zero-order valence-electron chi connectivity index (χ0n) is 3.24. The summed E-state index contributed by atoms with van der Waals surface area (Å²) < 4.78 is 0. The lowest BCUT2D eigenvalue weighted by molar-refractivity contribution is 0.859. The maximum absolute atomic E-state index is 4.93. The minimum absolute atomic E-state index is 0.779. The number of hydrogen-bond acceptors (Lipinski definition) is 0. The van der Waals surface area contributed by atoms with Crippen molar-refractivity contribution in [2.75, 3.05) is 6.54 Å². The predicted octanol–water partition coefficient (Wildman–Crippen LogP) is 1.15. The second-order valence-electron chi connectivity index (χ2n) is 0.843. The predicted molar refractivity (Wildman–Crippen MR) is 23.1 cm³/mol. The Balaban J connectivity index is 2.19. The van der Waals surface area contributed by atoms with Crippen molar-refractivity contribution < 1.29 is 0 Å². The molecule has 0 saturated heterocycles. The van der Waals surface area contributed by atoms with Gasteiger partial charge < -0.3 is 0 Å². The Morgan fingerprint density at radius 3 is 2.40 bits per heavy atom. The van der Waals surface area contributed by atoms with Crippen LogP contribution in [0.15, 0.2) is 0 Å². The standard InChI is InChI=1S/C3H7ClN/c1-2-3-5-4/h2-3H2,1H3/q+1. The lowest BCUT2D eigenvalue weighted by Crippen LogP contribution is -1.87. The van der Waals surface area contributed by atoms with Gasteiger partial charge in [-0.2, -0.15) is 0 Å². The lowest BCUT2D eigenvalue weighted by atomic mass is 10.5. The van der Waals surface area contributed by atoms with Crippen LogP contribution in [-0.2, 0) is 0 Å². The molecule has 0 N–H and O–H groups in total. The summed E-state index contributed by atoms with van der Waals surface area (Å²) in [5.74, 6) is 0. The fourth-order valence-corrected chi connectivity index (χ4v) is 0.254. The Morgan fingerprint density at radius 2 is 2.40 bits per heavy atom. The highest BCUT2D eigenvalue weighted by Crippen LogP contribution is 1.71. The summed E-state index contributed by atoms with van der Waals surface area (Å²) in [7, 11) is 0. The van der Waals surface area contributed by atoms with E-state index in [1.54, 1.807) is 0 Å². The van der Waals surface area contributed by atoms with Crippen molar-refractivity contribution in [3.8, 4) is 0 Å². The van der Waals surface area contributed by atoms with E-state index in [2.05, 4.69) is 4.84 Å². The average molecular weight is 92.5 g/mol. The van der Waals surface area contributed by atoms with Gasteiger partial charge >= 0.3 is 11.8 Å². The molecule has 0 bridgehead atoms. The van der Waals surface area contributed by atoms with Crippen LogP contribution in [0.3, 0.4) is 0 Å². The van der Waals surface area contributed by atoms with Gasteiger partial charge in [0.05, 0.1) is 0 Å². The Bertz CT molecular complexity index is 14.4. The Hall–Kier alpha value is 0.250. The van der Waals surface area contributed by atoms with Gasteiger partial charge in [-0.3, -0.25) is 0 Å². The highest BCUT2D eigenvalue weighted by Gasteiger charge is 1.89. The Morgan fingerprint density at radius 1 is 1.80 bits per heavy atom. The van der Waals surface area contributed by atoms with E-state index in [-0.39, 0.29) is 0 Å². The van der Waals surface area contributed by atoms with Crippen LogP contribution in [0.2, 0.25) is 0 Å². The molecule has 0 aliphatic heterocycles. The summed E-state index contributed by atoms with van der Waals surface area (Å²) in [5.41, 5.74) is 0. The zero-order chi connectivity index (χ0) is 4.12. The first kappa shape index (κ1) is 5.25. The molecule has 0 fully saturated rings. The summed E-state index contributed by atoms with van der Waals surface area (Å²) in [6.45, 7) is 2.81. The van der Waals surface area contributed by atoms with Gasteiger partial charge in [-0.05, 0) is 0 Å². The topological polar surface area (TPSA) is 14.1 Å². The molecule has 0 unspecified atom stereocenters. The monoisotopic (exact) mass is 92.0 g/mol. The van der Waals surface area contributed by atoms with Gasteiger partial charge in [0.15, 0.2) is 4.84 Å². The molecule has 2 heteroatoms. The number of nitrogens with zero attached hydrogens (tertiary/aromatic N) is 1. The Kier molecular flexibility index (Phi) is 4.46. The first-order chi connectivity index (χ1) is 2.41. The zero-order valence-corrected chi connectivity index (χ0v) is 4.00. The molecule has 1 nitrogen and oxygen atoms in total. The average Bonchev–Trinajstić information content (AvgIpc) is 1.41. The maximum atomic E-state index is 4.93. The van der Waals surface area contributed by atoms with E-state index in [9.17, 15) is 0 Å². The first-order valence-corrected chi connectivity index (χ1v) is 2.03. The third kappa shape index (κ3) is 4.25. The second-order valence-corrected chi connectivity index (χ2v) is 1.08. The molecule has 0 aromatic heterocycles. The highest BCUT2D eigenvalue weighted by atomic mass is 35.5. The van der Waals surface area contributed by atoms with E-state index in [1.807, 2.05) is 6.92 Å². The van der Waals surface area contributed by atoms with Gasteiger partial charge in [0, 0.05) is 6.42 Å². The van der Waals surface area contributed by atoms with Crippen LogP contribution in [0.25, 0.3) is 0 Å². The summed E-state index contributed by atoms with van der Waals surface area (Å²) in [5, 5.41) is 0. The van der Waals surface area contributed by atoms with Gasteiger partial charge in [-0.25, -0.2) is 0 Å². The van der Waals surface area contributed by atoms with Gasteiger partial charge in [0.2, 0.25) is 6.54 Å². The van der Waals surface area contributed by atoms with E-state index in [1.165, 1.54) is 0 Å². The summed E-state index contributed by atoms with van der Waals surface area (Å²) in [4.78, 5) is 3.33. The fraction of sp³-hybridized carbons (Fsp3) is 1.00. The van der Waals surface area contributed by atoms with E-state index in [4.69, 9.17) is 11.8 Å². The maximum Gasteiger partial charge on any atom is 0.300 e. The third-order valence-electron chi connectivity index (χ3n) is 0.308. The largest absolute Gasteiger partial charge is 0.300 e. The van der Waals surface area contributed by atoms with Crippen molar-refractivity contribution in [2.45, 2.75) is 13.3 Å². The minimum Gasteiger partial charge on any atom is -0.0595 e. The van der Waals surface area contributed by atoms with Crippen LogP contribution >= 0.6 is 11.8 Å². The smallest absolute Gasteiger partial charge is 0.0595 e. The van der Waals surface area contributed by atoms with Crippen molar-refractivity contribution >= 4 is 11.8 Å². The molecule has 0 rings (SSSR count). The van der Waals surface area contributed by atoms with Gasteiger partial charge in [-0.1, -0.05) is 6.92 Å². The molecule has 0 heterocycles. The summed E-state index contributed by atoms with van der Waals surface area (Å²) >= 11 is 4.93. The van der Waals surface area contributed by atoms with Crippen molar-refractivity contribution in [1.82, 2.24) is 4.84 Å². The minimum atomic E-state index is 0.779. The van der Waals surface area contributed by atoms with Gasteiger partial charge in [-0.15, -0.1) is 0 Å². The first-order valence-electron chi connectivity index (χ1n) is 1.69. The molecule has 0 aromatic carbocycles. The van der Waals surface area contributed by atoms with Crippen LogP contribution < -0.4 is 4.84 Å². The SMILES string of the molecule is CCC[N+]Cl. The van der Waals surface area contributed by atoms with E-state index >= 15 is 0 Å². The molecular formula is C3H7ClN+. The molecule has 0 aromatic rings. The molecule has 5 heavy (non-hydrogen) atoms. The summed E-state index contributed by atoms with van der Waals surface area (Å²) in [6.07, 6.45) is 1.05. The molecule has 0 amide bonds. The van der Waals surface area contributed by atoms with Crippen molar-refractivity contribution in [3.63, 3.8) is 0 Å². The third-order valence-corrected chi connectivity index (χ3v) is 0.477. The highest BCUT2D eigenvalue weighted by molar-refractivity contribution is 6.13. The van der Waals surface area contributed by atoms with Gasteiger partial charge in [0.25, 0.3) is 0 Å². The van der Waals surface area contributed by atoms with Crippen LogP contribution in [-0.4, -0.2) is 6.54 Å². The second kappa shape index (κ2) is 4.25. The van der Waals surface area contributed by atoms with Crippen LogP contribution in [0.5, 0.6) is 0 Å². The normalized spacial score (nSPS) is 8.40. The quantitative estimate of drug-likeness (QED) is 0.485. The lowest BCUT2D eigenvalue weighted by Gasteiger charge is -1.61. The molecule has 0 spiro atoms. The molecular weight excluding hydrogens is 85.5 g/mol. The van der Waals surface area contributed by atoms with Crippen LogP contribution in [0.4, 0.5) is 0 Å². The van der Waals surface area contributed by atoms with Gasteiger partial charge in [0.1, 0.15) is 0 Å². The molecule has 2 radical (unpaired) electrons. The molecule has 0 atom stereocenters. The Labute approximate surface area is 37.4 Å². The van der Waals surface area contributed by atoms with Crippen molar-refractivity contribution in [2.24, 2.45) is 0 Å². The fourth-order valence-electron chi connectivity index (χ4n) is 0.0845. The molecule has 0 saturated carbocycles. The van der Waals surface area contributed by atoms with Crippen molar-refractivity contribution in [3.05, 3.63) is 0 Å². The number of hydrogen-bond donors (Lipinski definition) is 0. The number of halogens is 1. The number of rotatable bonds is 2.